The molecule has 0 spiro atoms. The first-order chi connectivity index (χ1) is 18.9. The summed E-state index contributed by atoms with van der Waals surface area (Å²) in [6.45, 7) is 5.88. The monoisotopic (exact) mass is 586 g/mol. The van der Waals surface area contributed by atoms with E-state index >= 15 is 4.39 Å². The van der Waals surface area contributed by atoms with E-state index in [1.807, 2.05) is 0 Å². The van der Waals surface area contributed by atoms with Gasteiger partial charge in [-0.2, -0.15) is 4.98 Å². The third-order valence-corrected chi connectivity index (χ3v) is 7.46. The van der Waals surface area contributed by atoms with Crippen molar-refractivity contribution in [3.8, 4) is 0 Å². The number of anilines is 2. The number of nitrogen functional groups attached to an aromatic ring is 1. The lowest BCUT2D eigenvalue weighted by atomic mass is 10.1. The van der Waals surface area contributed by atoms with Gasteiger partial charge in [-0.1, -0.05) is 13.8 Å². The topological polar surface area (TPSA) is 182 Å². The SMILES string of the molecule is CC(C)OC(=O)CC1COP(=O)(OCC2OC(N3C=C=Cc4c3nc(N)[nH]c4=O)[C@H](F)[C@@H]2OC(=O)C(C)C)OC1. The highest BCUT2D eigenvalue weighted by Crippen LogP contribution is 2.53. The molecule has 2 unspecified atom stereocenters. The van der Waals surface area contributed by atoms with Gasteiger partial charge in [-0.25, -0.2) is 8.96 Å². The van der Waals surface area contributed by atoms with Crippen LogP contribution in [-0.4, -0.2) is 72.4 Å². The van der Waals surface area contributed by atoms with Crippen molar-refractivity contribution in [3.63, 3.8) is 0 Å². The Morgan fingerprint density at radius 1 is 1.30 bits per heavy atom. The summed E-state index contributed by atoms with van der Waals surface area (Å²) in [7, 11) is -4.10. The highest BCUT2D eigenvalue weighted by molar-refractivity contribution is 7.48. The minimum absolute atomic E-state index is 0.00299. The Morgan fingerprint density at radius 3 is 2.65 bits per heavy atom. The van der Waals surface area contributed by atoms with E-state index in [1.165, 1.54) is 17.2 Å². The second kappa shape index (κ2) is 12.2. The zero-order valence-electron chi connectivity index (χ0n) is 22.4. The summed E-state index contributed by atoms with van der Waals surface area (Å²) in [5.74, 6) is -2.30. The average molecular weight is 587 g/mol. The minimum atomic E-state index is -4.10. The summed E-state index contributed by atoms with van der Waals surface area (Å²) in [5, 5.41) is 0. The first-order valence-electron chi connectivity index (χ1n) is 12.7. The number of aromatic nitrogens is 2. The van der Waals surface area contributed by atoms with Gasteiger partial charge in [-0.3, -0.25) is 37.8 Å². The Morgan fingerprint density at radius 2 is 2.00 bits per heavy atom. The minimum Gasteiger partial charge on any atom is -0.463 e. The fraction of sp³-hybridized carbons (Fsp3) is 0.625. The van der Waals surface area contributed by atoms with Gasteiger partial charge in [0.1, 0.15) is 6.10 Å². The molecule has 1 aromatic rings. The fourth-order valence-corrected chi connectivity index (χ4v) is 5.46. The number of rotatable bonds is 9. The van der Waals surface area contributed by atoms with Crippen LogP contribution >= 0.6 is 7.82 Å². The smallest absolute Gasteiger partial charge is 0.463 e. The number of nitrogens with two attached hydrogens (primary N) is 1. The van der Waals surface area contributed by atoms with Gasteiger partial charge in [-0.15, -0.1) is 5.73 Å². The molecule has 0 saturated carbocycles. The number of hydrogen-bond acceptors (Lipinski definition) is 13. The molecule has 220 valence electrons. The van der Waals surface area contributed by atoms with Crippen molar-refractivity contribution >= 4 is 37.6 Å². The number of phosphoric ester groups is 1. The van der Waals surface area contributed by atoms with Crippen molar-refractivity contribution in [1.82, 2.24) is 9.97 Å². The second-order valence-corrected chi connectivity index (χ2v) is 11.7. The van der Waals surface area contributed by atoms with E-state index in [2.05, 4.69) is 15.7 Å². The van der Waals surface area contributed by atoms with E-state index in [-0.39, 0.29) is 43.1 Å². The van der Waals surface area contributed by atoms with E-state index in [4.69, 9.17) is 33.5 Å². The number of aromatic amines is 1. The van der Waals surface area contributed by atoms with Crippen LogP contribution in [0.25, 0.3) is 6.08 Å². The Labute approximate surface area is 229 Å². The van der Waals surface area contributed by atoms with Gasteiger partial charge in [0.2, 0.25) is 5.95 Å². The number of halogens is 1. The molecular weight excluding hydrogens is 554 g/mol. The first kappa shape index (κ1) is 29.9. The van der Waals surface area contributed by atoms with Crippen LogP contribution < -0.4 is 16.2 Å². The molecule has 0 aromatic carbocycles. The van der Waals surface area contributed by atoms with Crippen molar-refractivity contribution < 1.29 is 46.3 Å². The molecular formula is C24H32FN4O10P. The van der Waals surface area contributed by atoms with E-state index in [1.54, 1.807) is 27.7 Å². The number of carbonyl (C=O) groups excluding carboxylic acids is 2. The van der Waals surface area contributed by atoms with Crippen molar-refractivity contribution in [2.24, 2.45) is 11.8 Å². The molecule has 0 aliphatic carbocycles. The maximum atomic E-state index is 15.9. The molecule has 2 fully saturated rings. The highest BCUT2D eigenvalue weighted by atomic mass is 31.2. The lowest BCUT2D eigenvalue weighted by Crippen LogP contribution is -2.42. The van der Waals surface area contributed by atoms with Crippen LogP contribution in [0.2, 0.25) is 0 Å². The number of carbonyl (C=O) groups is 2. The second-order valence-electron chi connectivity index (χ2n) is 10.0. The molecule has 4 rings (SSSR count). The van der Waals surface area contributed by atoms with E-state index in [0.29, 0.717) is 0 Å². The predicted molar refractivity (Wildman–Crippen MR) is 137 cm³/mol. The van der Waals surface area contributed by atoms with Gasteiger partial charge < -0.3 is 19.9 Å². The van der Waals surface area contributed by atoms with Crippen molar-refractivity contribution in [2.45, 2.75) is 64.8 Å². The molecule has 0 amide bonds. The number of phosphoric acid groups is 1. The molecule has 14 nitrogen and oxygen atoms in total. The Kier molecular flexibility index (Phi) is 9.13. The molecule has 0 radical (unpaired) electrons. The van der Waals surface area contributed by atoms with Gasteiger partial charge in [0.25, 0.3) is 5.56 Å². The Bertz CT molecular complexity index is 1280. The van der Waals surface area contributed by atoms with Crippen LogP contribution in [0.5, 0.6) is 0 Å². The average Bonchev–Trinajstić information content (AvgIpc) is 3.18. The number of nitrogens with one attached hydrogen (secondary N) is 1. The molecule has 40 heavy (non-hydrogen) atoms. The Hall–Kier alpha value is -3.06. The number of H-pyrrole nitrogens is 1. The van der Waals surface area contributed by atoms with Crippen LogP contribution in [0.3, 0.4) is 0 Å². The normalized spacial score (nSPS) is 29.6. The van der Waals surface area contributed by atoms with Gasteiger partial charge in [-0.05, 0) is 19.9 Å². The van der Waals surface area contributed by atoms with Crippen molar-refractivity contribution in [1.29, 1.82) is 0 Å². The first-order valence-corrected chi connectivity index (χ1v) is 14.2. The molecule has 3 N–H and O–H groups in total. The van der Waals surface area contributed by atoms with E-state index in [0.717, 1.165) is 0 Å². The zero-order chi connectivity index (χ0) is 29.2. The van der Waals surface area contributed by atoms with E-state index in [9.17, 15) is 18.9 Å². The third kappa shape index (κ3) is 6.80. The summed E-state index contributed by atoms with van der Waals surface area (Å²) in [6, 6.07) is 0. The quantitative estimate of drug-likeness (QED) is 0.244. The lowest BCUT2D eigenvalue weighted by Gasteiger charge is -2.29. The standard InChI is InChI=1S/C24H32FN4O10P/c1-12(2)23(32)39-19-16(11-36-40(33)34-9-14(10-35-40)8-17(30)37-13(3)4)38-22(18(19)25)29-7-5-6-15-20(29)27-24(26)28-21(15)31/h6-7,12-14,16,18-19,22H,8-11H2,1-4H3,(H3,26,27,28,31)/t14?,16?,18-,19-,22?,40?/m1/s1. The lowest BCUT2D eigenvalue weighted by molar-refractivity contribution is -0.158. The molecule has 3 aliphatic heterocycles. The Balaban J connectivity index is 1.46. The number of nitrogens with zero attached hydrogens (tertiary/aromatic N) is 2. The maximum absolute atomic E-state index is 15.9. The number of fused-ring (bicyclic) bond motifs is 1. The predicted octanol–water partition coefficient (Wildman–Crippen LogP) is 2.06. The van der Waals surface area contributed by atoms with Crippen LogP contribution in [-0.2, 0) is 41.9 Å². The highest BCUT2D eigenvalue weighted by Gasteiger charge is 2.52. The van der Waals surface area contributed by atoms with Gasteiger partial charge >= 0.3 is 19.8 Å². The van der Waals surface area contributed by atoms with Gasteiger partial charge in [0, 0.05) is 5.92 Å². The number of hydrogen-bond donors (Lipinski definition) is 2. The van der Waals surface area contributed by atoms with E-state index < -0.39 is 68.4 Å². The fourth-order valence-electron chi connectivity index (χ4n) is 4.12. The van der Waals surface area contributed by atoms with Gasteiger partial charge in [0.15, 0.2) is 24.3 Å². The molecule has 0 bridgehead atoms. The molecule has 16 heteroatoms. The van der Waals surface area contributed by atoms with Crippen LogP contribution in [0, 0.1) is 11.8 Å². The molecule has 3 aliphatic rings. The summed E-state index contributed by atoms with van der Waals surface area (Å²) in [4.78, 5) is 44.2. The number of alkyl halides is 1. The van der Waals surface area contributed by atoms with Gasteiger partial charge in [0.05, 0.1) is 50.0 Å². The van der Waals surface area contributed by atoms with Crippen molar-refractivity contribution in [2.75, 3.05) is 30.5 Å². The molecule has 4 atom stereocenters. The number of ether oxygens (including phenoxy) is 3. The molecule has 2 saturated heterocycles. The largest absolute Gasteiger partial charge is 0.474 e. The summed E-state index contributed by atoms with van der Waals surface area (Å²) in [6.07, 6.45) is -3.71. The summed E-state index contributed by atoms with van der Waals surface area (Å²) < 4.78 is 61.2. The van der Waals surface area contributed by atoms with Crippen molar-refractivity contribution in [3.05, 3.63) is 27.8 Å². The van der Waals surface area contributed by atoms with Crippen LogP contribution in [0.15, 0.2) is 16.7 Å². The number of esters is 2. The molecule has 1 aromatic heterocycles. The zero-order valence-corrected chi connectivity index (χ0v) is 23.3. The van der Waals surface area contributed by atoms with Crippen LogP contribution in [0.1, 0.15) is 39.7 Å². The maximum Gasteiger partial charge on any atom is 0.474 e. The summed E-state index contributed by atoms with van der Waals surface area (Å²) in [5.41, 5.74) is 7.92. The summed E-state index contributed by atoms with van der Waals surface area (Å²) >= 11 is 0. The third-order valence-electron chi connectivity index (χ3n) is 6.06. The van der Waals surface area contributed by atoms with Crippen LogP contribution in [0.4, 0.5) is 16.2 Å². The molecule has 4 heterocycles.